The van der Waals surface area contributed by atoms with Gasteiger partial charge in [0, 0.05) is 11.6 Å². The number of anilines is 1. The minimum Gasteiger partial charge on any atom is -0.383 e. The van der Waals surface area contributed by atoms with Gasteiger partial charge in [0.25, 0.3) is 0 Å². The number of nitrogens with two attached hydrogens (primary N) is 1. The van der Waals surface area contributed by atoms with E-state index in [1.165, 1.54) is 11.3 Å². The second-order valence-corrected chi connectivity index (χ2v) is 3.87. The Balaban J connectivity index is 2.46. The highest BCUT2D eigenvalue weighted by atomic mass is 32.1. The average Bonchev–Trinajstić information content (AvgIpc) is 2.74. The average molecular weight is 219 g/mol. The van der Waals surface area contributed by atoms with Crippen molar-refractivity contribution in [1.82, 2.24) is 9.97 Å². The minimum absolute atomic E-state index is 0.176. The van der Waals surface area contributed by atoms with Crippen molar-refractivity contribution in [2.24, 2.45) is 0 Å². The predicted molar refractivity (Wildman–Crippen MR) is 58.9 cm³/mol. The zero-order valence-corrected chi connectivity index (χ0v) is 8.91. The fourth-order valence-corrected chi connectivity index (χ4v) is 1.76. The Morgan fingerprint density at radius 1 is 1.47 bits per heavy atom. The van der Waals surface area contributed by atoms with Crippen LogP contribution in [0.15, 0.2) is 23.2 Å². The Morgan fingerprint density at radius 3 is 2.93 bits per heavy atom. The first-order valence-electron chi connectivity index (χ1n) is 4.33. The first-order chi connectivity index (χ1) is 7.18. The van der Waals surface area contributed by atoms with Gasteiger partial charge in [-0.1, -0.05) is 0 Å². The smallest absolute Gasteiger partial charge is 0.215 e. The van der Waals surface area contributed by atoms with Crippen LogP contribution in [0, 0.1) is 6.92 Å². The number of ketones is 1. The molecular formula is C10H9N3OS. The summed E-state index contributed by atoms with van der Waals surface area (Å²) in [6.45, 7) is 1.87. The molecule has 76 valence electrons. The summed E-state index contributed by atoms with van der Waals surface area (Å²) >= 11 is 1.38. The van der Waals surface area contributed by atoms with E-state index in [1.807, 2.05) is 6.92 Å². The molecule has 2 N–H and O–H groups in total. The number of carbonyl (C=O) groups excluding carboxylic acids is 1. The molecule has 15 heavy (non-hydrogen) atoms. The third-order valence-electron chi connectivity index (χ3n) is 1.96. The number of rotatable bonds is 2. The summed E-state index contributed by atoms with van der Waals surface area (Å²) in [6, 6.07) is 1.73. The first-order valence-corrected chi connectivity index (χ1v) is 5.28. The van der Waals surface area contributed by atoms with E-state index in [0.29, 0.717) is 11.3 Å². The Hall–Kier alpha value is -1.75. The first kappa shape index (κ1) is 9.79. The Bertz CT molecular complexity index is 493. The molecule has 0 aliphatic carbocycles. The highest BCUT2D eigenvalue weighted by Crippen LogP contribution is 2.15. The zero-order chi connectivity index (χ0) is 10.8. The summed E-state index contributed by atoms with van der Waals surface area (Å²) in [5.41, 5.74) is 9.00. The summed E-state index contributed by atoms with van der Waals surface area (Å²) in [5.74, 6) is 0.0727. The maximum atomic E-state index is 11.9. The molecule has 2 aromatic heterocycles. The van der Waals surface area contributed by atoms with E-state index >= 15 is 0 Å². The monoisotopic (exact) mass is 219 g/mol. The van der Waals surface area contributed by atoms with Crippen LogP contribution in [0.5, 0.6) is 0 Å². The zero-order valence-electron chi connectivity index (χ0n) is 8.10. The minimum atomic E-state index is -0.176. The highest BCUT2D eigenvalue weighted by molar-refractivity contribution is 7.07. The molecule has 0 amide bonds. The molecular weight excluding hydrogens is 210 g/mol. The largest absolute Gasteiger partial charge is 0.383 e. The van der Waals surface area contributed by atoms with Crippen LogP contribution in [-0.4, -0.2) is 15.8 Å². The summed E-state index contributed by atoms with van der Waals surface area (Å²) in [7, 11) is 0. The van der Waals surface area contributed by atoms with Gasteiger partial charge in [0.15, 0.2) is 0 Å². The van der Waals surface area contributed by atoms with Crippen LogP contribution in [-0.2, 0) is 0 Å². The Labute approximate surface area is 90.8 Å². The number of pyridine rings is 1. The van der Waals surface area contributed by atoms with Gasteiger partial charge in [-0.05, 0) is 18.6 Å². The molecule has 4 nitrogen and oxygen atoms in total. The van der Waals surface area contributed by atoms with Gasteiger partial charge >= 0.3 is 0 Å². The molecule has 0 radical (unpaired) electrons. The molecule has 0 saturated carbocycles. The fourth-order valence-electron chi connectivity index (χ4n) is 1.22. The molecule has 0 aliphatic rings. The summed E-state index contributed by atoms with van der Waals surface area (Å²) in [4.78, 5) is 19.8. The van der Waals surface area contributed by atoms with Crippen molar-refractivity contribution in [3.05, 3.63) is 40.0 Å². The van der Waals surface area contributed by atoms with Crippen molar-refractivity contribution >= 4 is 22.9 Å². The number of aryl methyl sites for hydroxylation is 1. The van der Waals surface area contributed by atoms with Gasteiger partial charge in [0.05, 0.1) is 11.1 Å². The number of thiazole rings is 1. The number of nitrogens with zero attached hydrogens (tertiary/aromatic N) is 2. The lowest BCUT2D eigenvalue weighted by Crippen LogP contribution is -2.07. The van der Waals surface area contributed by atoms with E-state index in [4.69, 9.17) is 5.73 Å². The van der Waals surface area contributed by atoms with Crippen LogP contribution < -0.4 is 5.73 Å². The molecule has 0 spiro atoms. The second kappa shape index (κ2) is 3.78. The van der Waals surface area contributed by atoms with Gasteiger partial charge in [-0.15, -0.1) is 11.3 Å². The van der Waals surface area contributed by atoms with Crippen molar-refractivity contribution in [2.75, 3.05) is 5.73 Å². The van der Waals surface area contributed by atoms with Gasteiger partial charge in [-0.25, -0.2) is 9.97 Å². The number of hydrogen-bond donors (Lipinski definition) is 1. The van der Waals surface area contributed by atoms with Crippen LogP contribution in [0.1, 0.15) is 21.6 Å². The predicted octanol–water partition coefficient (Wildman–Crippen LogP) is 1.66. The lowest BCUT2D eigenvalue weighted by atomic mass is 10.1. The van der Waals surface area contributed by atoms with Crippen molar-refractivity contribution in [3.63, 3.8) is 0 Å². The van der Waals surface area contributed by atoms with E-state index in [-0.39, 0.29) is 11.6 Å². The van der Waals surface area contributed by atoms with Gasteiger partial charge in [0.2, 0.25) is 5.78 Å². The van der Waals surface area contributed by atoms with Crippen LogP contribution in [0.2, 0.25) is 0 Å². The molecule has 0 unspecified atom stereocenters. The van der Waals surface area contributed by atoms with Crippen LogP contribution in [0.3, 0.4) is 0 Å². The maximum absolute atomic E-state index is 11.9. The molecule has 2 heterocycles. The van der Waals surface area contributed by atoms with E-state index < -0.39 is 0 Å². The molecule has 2 rings (SSSR count). The van der Waals surface area contributed by atoms with Crippen molar-refractivity contribution < 1.29 is 4.79 Å². The summed E-state index contributed by atoms with van der Waals surface area (Å²) < 4.78 is 0. The SMILES string of the molecule is Cc1cnc(N)c(C(=O)c2cscn2)c1. The number of aromatic nitrogens is 2. The van der Waals surface area contributed by atoms with E-state index in [0.717, 1.165) is 5.56 Å². The topological polar surface area (TPSA) is 68.9 Å². The lowest BCUT2D eigenvalue weighted by molar-refractivity contribution is 0.103. The highest BCUT2D eigenvalue weighted by Gasteiger charge is 2.14. The fraction of sp³-hybridized carbons (Fsp3) is 0.100. The molecule has 0 bridgehead atoms. The summed E-state index contributed by atoms with van der Waals surface area (Å²) in [6.07, 6.45) is 1.63. The molecule has 0 fully saturated rings. The van der Waals surface area contributed by atoms with E-state index in [2.05, 4.69) is 9.97 Å². The molecule has 5 heteroatoms. The number of carbonyl (C=O) groups is 1. The Kier molecular flexibility index (Phi) is 2.47. The normalized spacial score (nSPS) is 10.2. The van der Waals surface area contributed by atoms with Crippen molar-refractivity contribution in [2.45, 2.75) is 6.92 Å². The van der Waals surface area contributed by atoms with Gasteiger partial charge in [0.1, 0.15) is 11.5 Å². The van der Waals surface area contributed by atoms with Crippen LogP contribution in [0.25, 0.3) is 0 Å². The van der Waals surface area contributed by atoms with Crippen molar-refractivity contribution in [3.8, 4) is 0 Å². The van der Waals surface area contributed by atoms with Gasteiger partial charge < -0.3 is 5.73 Å². The third kappa shape index (κ3) is 1.87. The summed E-state index contributed by atoms with van der Waals surface area (Å²) in [5, 5.41) is 1.70. The van der Waals surface area contributed by atoms with Crippen LogP contribution >= 0.6 is 11.3 Å². The quantitative estimate of drug-likeness (QED) is 0.780. The van der Waals surface area contributed by atoms with Crippen molar-refractivity contribution in [1.29, 1.82) is 0 Å². The number of nitrogen functional groups attached to an aromatic ring is 1. The Morgan fingerprint density at radius 2 is 2.27 bits per heavy atom. The molecule has 0 atom stereocenters. The van der Waals surface area contributed by atoms with Gasteiger partial charge in [-0.3, -0.25) is 4.79 Å². The maximum Gasteiger partial charge on any atom is 0.215 e. The van der Waals surface area contributed by atoms with E-state index in [9.17, 15) is 4.79 Å². The number of hydrogen-bond acceptors (Lipinski definition) is 5. The second-order valence-electron chi connectivity index (χ2n) is 3.15. The molecule has 0 saturated heterocycles. The molecule has 0 aliphatic heterocycles. The van der Waals surface area contributed by atoms with E-state index in [1.54, 1.807) is 23.2 Å². The molecule has 0 aromatic carbocycles. The standard InChI is InChI=1S/C10H9N3OS/c1-6-2-7(10(11)12-3-6)9(14)8-4-15-5-13-8/h2-5H,1H3,(H2,11,12). The van der Waals surface area contributed by atoms with Crippen LogP contribution in [0.4, 0.5) is 5.82 Å². The lowest BCUT2D eigenvalue weighted by Gasteiger charge is -2.02. The molecule has 2 aromatic rings. The third-order valence-corrected chi connectivity index (χ3v) is 2.55. The van der Waals surface area contributed by atoms with Gasteiger partial charge in [-0.2, -0.15) is 0 Å².